The number of H-pyrrole nitrogens is 1. The summed E-state index contributed by atoms with van der Waals surface area (Å²) in [6.07, 6.45) is 0. The predicted molar refractivity (Wildman–Crippen MR) is 84.2 cm³/mol. The molecule has 0 radical (unpaired) electrons. The number of aromatic amines is 1. The van der Waals surface area contributed by atoms with Crippen LogP contribution in [0, 0.1) is 10.6 Å². The summed E-state index contributed by atoms with van der Waals surface area (Å²) in [5, 5.41) is 0. The van der Waals surface area contributed by atoms with Crippen LogP contribution in [0.5, 0.6) is 0 Å². The number of nitrogens with zero attached hydrogens (tertiary/aromatic N) is 2. The van der Waals surface area contributed by atoms with E-state index >= 15 is 0 Å². The molecule has 20 heavy (non-hydrogen) atoms. The van der Waals surface area contributed by atoms with Crippen molar-refractivity contribution in [1.29, 1.82) is 0 Å². The normalized spacial score (nSPS) is 11.7. The Morgan fingerprint density at radius 2 is 2.15 bits per heavy atom. The van der Waals surface area contributed by atoms with Crippen LogP contribution in [0.3, 0.4) is 0 Å². The molecule has 0 aliphatic heterocycles. The van der Waals surface area contributed by atoms with E-state index in [1.165, 1.54) is 6.07 Å². The summed E-state index contributed by atoms with van der Waals surface area (Å²) >= 11 is 8.46. The molecule has 1 heterocycles. The largest absolute Gasteiger partial charge is 0.378 e. The number of imidazole rings is 1. The summed E-state index contributed by atoms with van der Waals surface area (Å²) < 4.78 is 22.0. The minimum Gasteiger partial charge on any atom is -0.378 e. The van der Waals surface area contributed by atoms with Crippen LogP contribution in [0.4, 0.5) is 4.39 Å². The van der Waals surface area contributed by atoms with Crippen molar-refractivity contribution >= 4 is 39.2 Å². The predicted octanol–water partition coefficient (Wildman–Crippen LogP) is 3.18. The molecule has 4 nitrogen and oxygen atoms in total. The van der Waals surface area contributed by atoms with Crippen LogP contribution in [0.25, 0.3) is 11.0 Å². The number of rotatable bonds is 6. The highest BCUT2D eigenvalue weighted by atomic mass is 79.9. The van der Waals surface area contributed by atoms with Crippen molar-refractivity contribution in [3.05, 3.63) is 27.2 Å². The first-order valence-electron chi connectivity index (χ1n) is 6.29. The molecule has 0 fully saturated rings. The third-order valence-electron chi connectivity index (χ3n) is 2.96. The lowest BCUT2D eigenvalue weighted by atomic mass is 10.3. The van der Waals surface area contributed by atoms with Gasteiger partial charge in [0.15, 0.2) is 4.77 Å². The smallest absolute Gasteiger partial charge is 0.178 e. The summed E-state index contributed by atoms with van der Waals surface area (Å²) in [6, 6.07) is 3.18. The number of hydrogen-bond acceptors (Lipinski definition) is 3. The van der Waals surface area contributed by atoms with Crippen molar-refractivity contribution in [3.8, 4) is 0 Å². The van der Waals surface area contributed by atoms with E-state index in [2.05, 4.69) is 25.8 Å². The number of benzene rings is 1. The summed E-state index contributed by atoms with van der Waals surface area (Å²) in [4.78, 5) is 5.07. The summed E-state index contributed by atoms with van der Waals surface area (Å²) in [7, 11) is 4.01. The van der Waals surface area contributed by atoms with E-state index in [9.17, 15) is 4.39 Å². The Bertz CT molecular complexity index is 653. The molecule has 0 amide bonds. The summed E-state index contributed by atoms with van der Waals surface area (Å²) in [6.45, 7) is 2.78. The Balaban J connectivity index is 2.08. The Morgan fingerprint density at radius 1 is 1.40 bits per heavy atom. The maximum Gasteiger partial charge on any atom is 0.178 e. The van der Waals surface area contributed by atoms with Gasteiger partial charge in [0.1, 0.15) is 5.82 Å². The van der Waals surface area contributed by atoms with E-state index in [1.54, 1.807) is 6.07 Å². The van der Waals surface area contributed by atoms with Crippen LogP contribution < -0.4 is 0 Å². The van der Waals surface area contributed by atoms with Gasteiger partial charge in [-0.1, -0.05) is 0 Å². The molecule has 110 valence electrons. The standard InChI is InChI=1S/C13H17BrFN3OS/c1-17(2)3-5-19-6-4-18-12-7-9(14)10(15)8-11(12)16-13(18)20/h7-8H,3-6H2,1-2H3,(H,16,20). The first-order valence-corrected chi connectivity index (χ1v) is 7.49. The van der Waals surface area contributed by atoms with E-state index in [-0.39, 0.29) is 5.82 Å². The number of hydrogen-bond donors (Lipinski definition) is 1. The summed E-state index contributed by atoms with van der Waals surface area (Å²) in [5.41, 5.74) is 1.57. The average Bonchev–Trinajstić information content (AvgIpc) is 2.65. The molecule has 1 aromatic heterocycles. The zero-order valence-corrected chi connectivity index (χ0v) is 13.9. The van der Waals surface area contributed by atoms with Gasteiger partial charge in [-0.15, -0.1) is 0 Å². The second kappa shape index (κ2) is 6.80. The molecule has 0 saturated heterocycles. The average molecular weight is 362 g/mol. The van der Waals surface area contributed by atoms with Gasteiger partial charge in [0.2, 0.25) is 0 Å². The second-order valence-corrected chi connectivity index (χ2v) is 6.02. The van der Waals surface area contributed by atoms with E-state index in [0.717, 1.165) is 12.1 Å². The fraction of sp³-hybridized carbons (Fsp3) is 0.462. The Labute approximate surface area is 130 Å². The van der Waals surface area contributed by atoms with Gasteiger partial charge in [-0.3, -0.25) is 0 Å². The Morgan fingerprint density at radius 3 is 2.85 bits per heavy atom. The van der Waals surface area contributed by atoms with Crippen molar-refractivity contribution < 1.29 is 9.13 Å². The number of fused-ring (bicyclic) bond motifs is 1. The van der Waals surface area contributed by atoms with Gasteiger partial charge < -0.3 is 19.2 Å². The molecule has 0 saturated carbocycles. The van der Waals surface area contributed by atoms with Crippen LogP contribution >= 0.6 is 28.1 Å². The van der Waals surface area contributed by atoms with E-state index in [0.29, 0.717) is 34.5 Å². The molecule has 0 spiro atoms. The number of aromatic nitrogens is 2. The number of likely N-dealkylation sites (N-methyl/N-ethyl adjacent to an activating group) is 1. The number of halogens is 2. The Hall–Kier alpha value is -0.760. The fourth-order valence-electron chi connectivity index (χ4n) is 1.88. The van der Waals surface area contributed by atoms with Crippen LogP contribution in [-0.4, -0.2) is 48.3 Å². The molecular weight excluding hydrogens is 345 g/mol. The highest BCUT2D eigenvalue weighted by molar-refractivity contribution is 9.10. The molecule has 7 heteroatoms. The van der Waals surface area contributed by atoms with Crippen LogP contribution in [0.1, 0.15) is 0 Å². The SMILES string of the molecule is CN(C)CCOCCn1c(=S)[nH]c2cc(F)c(Br)cc21. The van der Waals surface area contributed by atoms with Crippen molar-refractivity contribution in [2.24, 2.45) is 0 Å². The third kappa shape index (κ3) is 3.66. The first kappa shape index (κ1) is 15.6. The molecular formula is C13H17BrFN3OS. The quantitative estimate of drug-likeness (QED) is 0.633. The van der Waals surface area contributed by atoms with Gasteiger partial charge in [0.25, 0.3) is 0 Å². The minimum atomic E-state index is -0.303. The van der Waals surface area contributed by atoms with Crippen molar-refractivity contribution in [1.82, 2.24) is 14.5 Å². The highest BCUT2D eigenvalue weighted by Crippen LogP contribution is 2.23. The zero-order chi connectivity index (χ0) is 14.7. The van der Waals surface area contributed by atoms with Crippen molar-refractivity contribution in [2.75, 3.05) is 33.9 Å². The van der Waals surface area contributed by atoms with Crippen LogP contribution in [0.15, 0.2) is 16.6 Å². The Kier molecular flexibility index (Phi) is 5.31. The van der Waals surface area contributed by atoms with Gasteiger partial charge in [0.05, 0.1) is 28.7 Å². The molecule has 1 N–H and O–H groups in total. The van der Waals surface area contributed by atoms with E-state index < -0.39 is 0 Å². The van der Waals surface area contributed by atoms with Gasteiger partial charge in [0, 0.05) is 19.2 Å². The van der Waals surface area contributed by atoms with Crippen LogP contribution in [0.2, 0.25) is 0 Å². The van der Waals surface area contributed by atoms with Gasteiger partial charge in [-0.05, 0) is 48.3 Å². The molecule has 0 bridgehead atoms. The summed E-state index contributed by atoms with van der Waals surface area (Å²) in [5.74, 6) is -0.303. The second-order valence-electron chi connectivity index (χ2n) is 4.78. The topological polar surface area (TPSA) is 33.2 Å². The van der Waals surface area contributed by atoms with Crippen molar-refractivity contribution in [3.63, 3.8) is 0 Å². The fourth-order valence-corrected chi connectivity index (χ4v) is 2.51. The molecule has 2 rings (SSSR count). The van der Waals surface area contributed by atoms with E-state index in [1.807, 2.05) is 18.7 Å². The molecule has 0 aliphatic rings. The zero-order valence-electron chi connectivity index (χ0n) is 11.4. The molecule has 0 atom stereocenters. The maximum absolute atomic E-state index is 13.5. The third-order valence-corrected chi connectivity index (χ3v) is 3.89. The molecule has 0 aliphatic carbocycles. The number of nitrogens with one attached hydrogen (secondary N) is 1. The van der Waals surface area contributed by atoms with Crippen molar-refractivity contribution in [2.45, 2.75) is 6.54 Å². The van der Waals surface area contributed by atoms with E-state index in [4.69, 9.17) is 17.0 Å². The minimum absolute atomic E-state index is 0.303. The van der Waals surface area contributed by atoms with Crippen LogP contribution in [-0.2, 0) is 11.3 Å². The first-order chi connectivity index (χ1) is 9.49. The lowest BCUT2D eigenvalue weighted by Crippen LogP contribution is -2.19. The highest BCUT2D eigenvalue weighted by Gasteiger charge is 2.08. The number of ether oxygens (including phenoxy) is 1. The monoisotopic (exact) mass is 361 g/mol. The molecule has 0 unspecified atom stereocenters. The molecule has 2 aromatic rings. The van der Waals surface area contributed by atoms with Gasteiger partial charge >= 0.3 is 0 Å². The maximum atomic E-state index is 13.5. The lowest BCUT2D eigenvalue weighted by Gasteiger charge is -2.10. The lowest BCUT2D eigenvalue weighted by molar-refractivity contribution is 0.111. The van der Waals surface area contributed by atoms with Gasteiger partial charge in [-0.2, -0.15) is 0 Å². The molecule has 1 aromatic carbocycles. The van der Waals surface area contributed by atoms with Gasteiger partial charge in [-0.25, -0.2) is 4.39 Å².